The van der Waals surface area contributed by atoms with Crippen LogP contribution in [0.15, 0.2) is 24.3 Å². The highest BCUT2D eigenvalue weighted by Gasteiger charge is 2.26. The summed E-state index contributed by atoms with van der Waals surface area (Å²) < 4.78 is 13.2. The molecule has 0 radical (unpaired) electrons. The van der Waals surface area contributed by atoms with E-state index in [1.807, 2.05) is 6.07 Å². The summed E-state index contributed by atoms with van der Waals surface area (Å²) in [7, 11) is 0. The molecule has 0 spiro atoms. The van der Waals surface area contributed by atoms with E-state index < -0.39 is 0 Å². The molecule has 1 saturated carbocycles. The Balaban J connectivity index is 1.96. The quantitative estimate of drug-likeness (QED) is 0.841. The highest BCUT2D eigenvalue weighted by atomic mass is 19.1. The number of benzene rings is 1. The molecule has 2 N–H and O–H groups in total. The van der Waals surface area contributed by atoms with E-state index in [1.54, 1.807) is 12.1 Å². The fourth-order valence-electron chi connectivity index (χ4n) is 2.22. The lowest BCUT2D eigenvalue weighted by molar-refractivity contribution is 0.200. The predicted molar refractivity (Wildman–Crippen MR) is 72.8 cm³/mol. The van der Waals surface area contributed by atoms with E-state index in [-0.39, 0.29) is 11.9 Å². The van der Waals surface area contributed by atoms with Gasteiger partial charge in [0.05, 0.1) is 0 Å². The molecule has 0 heterocycles. The third-order valence-corrected chi connectivity index (χ3v) is 3.63. The van der Waals surface area contributed by atoms with E-state index in [0.717, 1.165) is 24.6 Å². The van der Waals surface area contributed by atoms with Gasteiger partial charge < -0.3 is 5.73 Å². The van der Waals surface area contributed by atoms with E-state index in [0.29, 0.717) is 6.04 Å². The van der Waals surface area contributed by atoms with Gasteiger partial charge in [-0.3, -0.25) is 4.90 Å². The summed E-state index contributed by atoms with van der Waals surface area (Å²) in [5.74, 6) is 0.647. The minimum atomic E-state index is -0.207. The molecule has 1 fully saturated rings. The minimum Gasteiger partial charge on any atom is -0.323 e. The molecule has 0 saturated heterocycles. The third kappa shape index (κ3) is 3.79. The van der Waals surface area contributed by atoms with Crippen molar-refractivity contribution in [3.05, 3.63) is 35.6 Å². The molecule has 0 amide bonds. The van der Waals surface area contributed by atoms with Crippen LogP contribution in [0, 0.1) is 11.7 Å². The summed E-state index contributed by atoms with van der Waals surface area (Å²) in [6.45, 7) is 6.32. The van der Waals surface area contributed by atoms with E-state index in [1.165, 1.54) is 18.9 Å². The smallest absolute Gasteiger partial charge is 0.123 e. The van der Waals surface area contributed by atoms with Gasteiger partial charge in [0.2, 0.25) is 0 Å². The molecular weight excluding hydrogens is 227 g/mol. The lowest BCUT2D eigenvalue weighted by Gasteiger charge is -2.29. The van der Waals surface area contributed by atoms with Crippen LogP contribution in [0.1, 0.15) is 38.3 Å². The van der Waals surface area contributed by atoms with Gasteiger partial charge in [0, 0.05) is 25.2 Å². The molecular formula is C15H23FN2. The van der Waals surface area contributed by atoms with E-state index >= 15 is 0 Å². The van der Waals surface area contributed by atoms with E-state index in [9.17, 15) is 4.39 Å². The van der Waals surface area contributed by atoms with Crippen molar-refractivity contribution in [1.29, 1.82) is 0 Å². The molecule has 0 bridgehead atoms. The molecule has 18 heavy (non-hydrogen) atoms. The molecule has 2 rings (SSSR count). The maximum Gasteiger partial charge on any atom is 0.123 e. The highest BCUT2D eigenvalue weighted by molar-refractivity contribution is 5.20. The molecule has 1 aliphatic carbocycles. The summed E-state index contributed by atoms with van der Waals surface area (Å²) >= 11 is 0. The number of nitrogens with two attached hydrogens (primary N) is 1. The first-order chi connectivity index (χ1) is 8.56. The van der Waals surface area contributed by atoms with E-state index in [4.69, 9.17) is 5.73 Å². The average molecular weight is 250 g/mol. The SMILES string of the molecule is CC(C)N(CC1CC1)CC(N)c1cccc(F)c1. The Labute approximate surface area is 109 Å². The van der Waals surface area contributed by atoms with E-state index in [2.05, 4.69) is 18.7 Å². The molecule has 1 aromatic carbocycles. The van der Waals surface area contributed by atoms with Crippen LogP contribution in [0.2, 0.25) is 0 Å². The van der Waals surface area contributed by atoms with Gasteiger partial charge in [0.25, 0.3) is 0 Å². The second-order valence-electron chi connectivity index (χ2n) is 5.65. The Hall–Kier alpha value is -0.930. The Bertz CT molecular complexity index is 388. The first-order valence-electron chi connectivity index (χ1n) is 6.81. The summed E-state index contributed by atoms with van der Waals surface area (Å²) in [5.41, 5.74) is 7.08. The summed E-state index contributed by atoms with van der Waals surface area (Å²) in [6, 6.07) is 7.02. The van der Waals surface area contributed by atoms with Crippen LogP contribution in [0.25, 0.3) is 0 Å². The standard InChI is InChI=1S/C15H23FN2/c1-11(2)18(9-12-6-7-12)10-15(17)13-4-3-5-14(16)8-13/h3-5,8,11-12,15H,6-7,9-10,17H2,1-2H3. The zero-order valence-electron chi connectivity index (χ0n) is 11.3. The lowest BCUT2D eigenvalue weighted by Crippen LogP contribution is -2.38. The van der Waals surface area contributed by atoms with Gasteiger partial charge in [-0.15, -0.1) is 0 Å². The first kappa shape index (κ1) is 13.5. The van der Waals surface area contributed by atoms with Crippen molar-refractivity contribution in [3.63, 3.8) is 0 Å². The second-order valence-corrected chi connectivity index (χ2v) is 5.65. The van der Waals surface area contributed by atoms with Crippen LogP contribution >= 0.6 is 0 Å². The van der Waals surface area contributed by atoms with Crippen molar-refractivity contribution < 1.29 is 4.39 Å². The van der Waals surface area contributed by atoms with Crippen LogP contribution in [-0.4, -0.2) is 24.0 Å². The molecule has 100 valence electrons. The lowest BCUT2D eigenvalue weighted by atomic mass is 10.1. The molecule has 0 aliphatic heterocycles. The van der Waals surface area contributed by atoms with Crippen LogP contribution < -0.4 is 5.73 Å². The van der Waals surface area contributed by atoms with Crippen LogP contribution in [0.5, 0.6) is 0 Å². The zero-order valence-corrected chi connectivity index (χ0v) is 11.3. The first-order valence-corrected chi connectivity index (χ1v) is 6.81. The summed E-state index contributed by atoms with van der Waals surface area (Å²) in [6.07, 6.45) is 2.69. The van der Waals surface area contributed by atoms with Gasteiger partial charge in [0.15, 0.2) is 0 Å². The predicted octanol–water partition coefficient (Wildman–Crippen LogP) is 2.95. The van der Waals surface area contributed by atoms with Gasteiger partial charge in [-0.05, 0) is 50.3 Å². The fourth-order valence-corrected chi connectivity index (χ4v) is 2.22. The van der Waals surface area contributed by atoms with Crippen molar-refractivity contribution in [2.45, 2.75) is 38.8 Å². The van der Waals surface area contributed by atoms with Gasteiger partial charge in [-0.25, -0.2) is 4.39 Å². The fraction of sp³-hybridized carbons (Fsp3) is 0.600. The van der Waals surface area contributed by atoms with Crippen LogP contribution in [0.3, 0.4) is 0 Å². The highest BCUT2D eigenvalue weighted by Crippen LogP contribution is 2.30. The normalized spacial score (nSPS) is 17.4. The molecule has 1 aliphatic rings. The molecule has 1 atom stereocenters. The number of hydrogen-bond donors (Lipinski definition) is 1. The number of rotatable bonds is 6. The Kier molecular flexibility index (Phi) is 4.36. The van der Waals surface area contributed by atoms with Gasteiger partial charge in [-0.1, -0.05) is 12.1 Å². The second kappa shape index (κ2) is 5.81. The molecule has 3 heteroatoms. The zero-order chi connectivity index (χ0) is 13.1. The molecule has 0 aromatic heterocycles. The summed E-state index contributed by atoms with van der Waals surface area (Å²) in [5, 5.41) is 0. The van der Waals surface area contributed by atoms with Gasteiger partial charge >= 0.3 is 0 Å². The summed E-state index contributed by atoms with van der Waals surface area (Å²) in [4.78, 5) is 2.41. The largest absolute Gasteiger partial charge is 0.323 e. The average Bonchev–Trinajstić information content (AvgIpc) is 3.12. The molecule has 1 unspecified atom stereocenters. The van der Waals surface area contributed by atoms with Crippen LogP contribution in [-0.2, 0) is 0 Å². The molecule has 2 nitrogen and oxygen atoms in total. The Morgan fingerprint density at radius 1 is 1.39 bits per heavy atom. The third-order valence-electron chi connectivity index (χ3n) is 3.63. The van der Waals surface area contributed by atoms with Crippen molar-refractivity contribution >= 4 is 0 Å². The van der Waals surface area contributed by atoms with Crippen molar-refractivity contribution in [2.75, 3.05) is 13.1 Å². The van der Waals surface area contributed by atoms with Crippen molar-refractivity contribution in [3.8, 4) is 0 Å². The monoisotopic (exact) mass is 250 g/mol. The van der Waals surface area contributed by atoms with Crippen molar-refractivity contribution in [2.24, 2.45) is 11.7 Å². The minimum absolute atomic E-state index is 0.109. The van der Waals surface area contributed by atoms with Gasteiger partial charge in [0.1, 0.15) is 5.82 Å². The van der Waals surface area contributed by atoms with Gasteiger partial charge in [-0.2, -0.15) is 0 Å². The number of hydrogen-bond acceptors (Lipinski definition) is 2. The number of nitrogens with zero attached hydrogens (tertiary/aromatic N) is 1. The maximum atomic E-state index is 13.2. The maximum absolute atomic E-state index is 13.2. The Morgan fingerprint density at radius 3 is 2.67 bits per heavy atom. The Morgan fingerprint density at radius 2 is 2.11 bits per heavy atom. The number of halogens is 1. The van der Waals surface area contributed by atoms with Crippen molar-refractivity contribution in [1.82, 2.24) is 4.90 Å². The van der Waals surface area contributed by atoms with Crippen LogP contribution in [0.4, 0.5) is 4.39 Å². The topological polar surface area (TPSA) is 29.3 Å². The molecule has 1 aromatic rings.